The van der Waals surface area contributed by atoms with Crippen LogP contribution >= 0.6 is 23.2 Å². The van der Waals surface area contributed by atoms with Crippen LogP contribution < -0.4 is 5.32 Å². The maximum Gasteiger partial charge on any atom is 0.416 e. The second-order valence-electron chi connectivity index (χ2n) is 12.7. The molecule has 3 aliphatic rings. The van der Waals surface area contributed by atoms with Crippen LogP contribution in [0.1, 0.15) is 52.7 Å². The zero-order valence-corrected chi connectivity index (χ0v) is 27.3. The number of alkyl halides is 3. The van der Waals surface area contributed by atoms with Crippen LogP contribution in [0.25, 0.3) is 22.2 Å². The summed E-state index contributed by atoms with van der Waals surface area (Å²) in [4.78, 5) is 23.6. The third kappa shape index (κ3) is 6.61. The maximum absolute atomic E-state index is 13.9. The highest BCUT2D eigenvalue weighted by atomic mass is 35.5. The van der Waals surface area contributed by atoms with Gasteiger partial charge in [-0.05, 0) is 68.6 Å². The molecule has 47 heavy (non-hydrogen) atoms. The fraction of sp³-hybridized carbons (Fsp3) is 0.389. The van der Waals surface area contributed by atoms with Gasteiger partial charge in [-0.25, -0.2) is 4.98 Å². The number of benzene rings is 3. The van der Waals surface area contributed by atoms with Crippen molar-refractivity contribution >= 4 is 40.0 Å². The number of pyridine rings is 1. The average molecular weight is 684 g/mol. The topological polar surface area (TPSA) is 57.7 Å². The van der Waals surface area contributed by atoms with Gasteiger partial charge in [-0.3, -0.25) is 14.6 Å². The molecule has 3 aromatic carbocycles. The van der Waals surface area contributed by atoms with Crippen molar-refractivity contribution in [3.63, 3.8) is 0 Å². The lowest BCUT2D eigenvalue weighted by Gasteiger charge is -2.40. The number of nitrogens with zero attached hydrogens (tertiary/aromatic N) is 3. The number of aromatic nitrogens is 1. The number of hydrogen-bond donors (Lipinski definition) is 1. The molecule has 1 aliphatic carbocycles. The second-order valence-corrected chi connectivity index (χ2v) is 13.5. The van der Waals surface area contributed by atoms with E-state index in [4.69, 9.17) is 32.9 Å². The van der Waals surface area contributed by atoms with Gasteiger partial charge in [0.2, 0.25) is 0 Å². The van der Waals surface area contributed by atoms with E-state index in [0.717, 1.165) is 82.8 Å². The van der Waals surface area contributed by atoms with Crippen molar-refractivity contribution in [2.75, 3.05) is 39.4 Å². The van der Waals surface area contributed by atoms with Crippen molar-refractivity contribution in [3.8, 4) is 11.3 Å². The number of likely N-dealkylation sites (tertiary alicyclic amines) is 1. The number of carbonyl (C=O) groups is 1. The van der Waals surface area contributed by atoms with Gasteiger partial charge in [-0.15, -0.1) is 0 Å². The SMILES string of the molecule is O=C(NC1(c2ccccc2)CC1)c1ccc(Cl)c2c(Cl)c(CN3CCC(N4CCOCC4)CC3)c(-c3cccc(C(F)(F)F)c3)nc12. The van der Waals surface area contributed by atoms with Gasteiger partial charge >= 0.3 is 6.18 Å². The summed E-state index contributed by atoms with van der Waals surface area (Å²) in [5.41, 5.74) is 1.44. The van der Waals surface area contributed by atoms with Crippen LogP contribution in [0.2, 0.25) is 10.0 Å². The van der Waals surface area contributed by atoms with Crippen LogP contribution in [0.3, 0.4) is 0 Å². The van der Waals surface area contributed by atoms with Crippen LogP contribution in [-0.4, -0.2) is 66.1 Å². The minimum absolute atomic E-state index is 0.256. The number of carbonyl (C=O) groups excluding carboxylic acids is 1. The first kappa shape index (κ1) is 32.3. The van der Waals surface area contributed by atoms with Crippen LogP contribution in [0.15, 0.2) is 66.7 Å². The molecule has 1 saturated carbocycles. The molecule has 11 heteroatoms. The highest BCUT2D eigenvalue weighted by Crippen LogP contribution is 2.46. The molecule has 3 fully saturated rings. The summed E-state index contributed by atoms with van der Waals surface area (Å²) in [6.45, 7) is 5.32. The molecular weight excluding hydrogens is 648 g/mol. The zero-order chi connectivity index (χ0) is 32.8. The van der Waals surface area contributed by atoms with Gasteiger partial charge in [0.05, 0.1) is 51.1 Å². The van der Waals surface area contributed by atoms with E-state index in [1.54, 1.807) is 18.2 Å². The number of amides is 1. The summed E-state index contributed by atoms with van der Waals surface area (Å²) in [7, 11) is 0. The number of hydrogen-bond acceptors (Lipinski definition) is 5. The highest BCUT2D eigenvalue weighted by Gasteiger charge is 2.46. The van der Waals surface area contributed by atoms with Crippen LogP contribution in [0.5, 0.6) is 0 Å². The molecule has 2 aliphatic heterocycles. The molecule has 2 saturated heterocycles. The molecule has 0 atom stereocenters. The Morgan fingerprint density at radius 1 is 0.957 bits per heavy atom. The number of halogens is 5. The Hall–Kier alpha value is -3.21. The van der Waals surface area contributed by atoms with Gasteiger partial charge in [0.1, 0.15) is 0 Å². The number of fused-ring (bicyclic) bond motifs is 1. The molecule has 0 bridgehead atoms. The quantitative estimate of drug-likeness (QED) is 0.215. The van der Waals surface area contributed by atoms with E-state index >= 15 is 0 Å². The predicted molar refractivity (Wildman–Crippen MR) is 178 cm³/mol. The minimum atomic E-state index is -4.54. The van der Waals surface area contributed by atoms with Crippen molar-refractivity contribution in [2.45, 2.75) is 50.0 Å². The molecule has 6 nitrogen and oxygen atoms in total. The Balaban J connectivity index is 1.27. The lowest BCUT2D eigenvalue weighted by molar-refractivity contribution is -0.137. The Bertz CT molecular complexity index is 1790. The van der Waals surface area contributed by atoms with Crippen molar-refractivity contribution < 1.29 is 22.7 Å². The Morgan fingerprint density at radius 2 is 1.68 bits per heavy atom. The second kappa shape index (κ2) is 13.0. The van der Waals surface area contributed by atoms with Crippen molar-refractivity contribution in [1.82, 2.24) is 20.1 Å². The lowest BCUT2D eigenvalue weighted by Crippen LogP contribution is -2.48. The van der Waals surface area contributed by atoms with E-state index < -0.39 is 17.3 Å². The number of morpholine rings is 1. The summed E-state index contributed by atoms with van der Waals surface area (Å²) in [6, 6.07) is 18.6. The first-order chi connectivity index (χ1) is 22.6. The van der Waals surface area contributed by atoms with E-state index in [9.17, 15) is 18.0 Å². The average Bonchev–Trinajstić information content (AvgIpc) is 3.87. The number of nitrogens with one attached hydrogen (secondary N) is 1. The third-order valence-corrected chi connectivity index (χ3v) is 10.5. The number of rotatable bonds is 7. The molecule has 0 unspecified atom stereocenters. The van der Waals surface area contributed by atoms with E-state index in [1.165, 1.54) is 6.07 Å². The van der Waals surface area contributed by atoms with Crippen molar-refractivity contribution in [1.29, 1.82) is 0 Å². The van der Waals surface area contributed by atoms with Crippen LogP contribution in [0.4, 0.5) is 13.2 Å². The highest BCUT2D eigenvalue weighted by molar-refractivity contribution is 6.43. The largest absolute Gasteiger partial charge is 0.416 e. The predicted octanol–water partition coefficient (Wildman–Crippen LogP) is 7.94. The summed E-state index contributed by atoms with van der Waals surface area (Å²) in [5, 5.41) is 4.23. The molecule has 1 N–H and O–H groups in total. The molecular formula is C36H35Cl2F3N4O2. The lowest BCUT2D eigenvalue weighted by atomic mass is 9.97. The fourth-order valence-electron chi connectivity index (χ4n) is 7.00. The van der Waals surface area contributed by atoms with E-state index in [0.29, 0.717) is 39.3 Å². The van der Waals surface area contributed by atoms with Gasteiger partial charge in [0.15, 0.2) is 0 Å². The fourth-order valence-corrected chi connectivity index (χ4v) is 7.63. The van der Waals surface area contributed by atoms with Crippen molar-refractivity contribution in [3.05, 3.63) is 99.0 Å². The molecule has 0 radical (unpaired) electrons. The standard InChI is InChI=1S/C36H35Cl2F3N4O2/c37-29-10-9-27(34(46)43-35(13-14-35)24-6-2-1-3-7-24)33-30(29)31(38)28(32(42-33)23-5-4-8-25(21-23)36(39,40)41)22-44-15-11-26(12-16-44)45-17-19-47-20-18-45/h1-10,21,26H,11-20,22H2,(H,43,46). The van der Waals surface area contributed by atoms with E-state index in [-0.39, 0.29) is 22.6 Å². The summed E-state index contributed by atoms with van der Waals surface area (Å²) < 4.78 is 47.1. The zero-order valence-electron chi connectivity index (χ0n) is 25.8. The first-order valence-electron chi connectivity index (χ1n) is 16.0. The summed E-state index contributed by atoms with van der Waals surface area (Å²) in [6.07, 6.45) is -1.02. The van der Waals surface area contributed by atoms with Gasteiger partial charge in [-0.2, -0.15) is 13.2 Å². The van der Waals surface area contributed by atoms with Crippen LogP contribution in [0, 0.1) is 0 Å². The van der Waals surface area contributed by atoms with Crippen LogP contribution in [-0.2, 0) is 23.0 Å². The first-order valence-corrected chi connectivity index (χ1v) is 16.8. The normalized spacial score (nSPS) is 19.2. The minimum Gasteiger partial charge on any atom is -0.379 e. The molecule has 3 heterocycles. The van der Waals surface area contributed by atoms with Gasteiger partial charge in [0, 0.05) is 42.2 Å². The summed E-state index contributed by atoms with van der Waals surface area (Å²) in [5.74, 6) is -0.343. The Labute approximate surface area is 281 Å². The van der Waals surface area contributed by atoms with E-state index in [2.05, 4.69) is 15.1 Å². The third-order valence-electron chi connectivity index (χ3n) is 9.76. The molecule has 246 valence electrons. The maximum atomic E-state index is 13.9. The number of piperidine rings is 1. The Kier molecular flexibility index (Phi) is 8.95. The van der Waals surface area contributed by atoms with Crippen molar-refractivity contribution in [2.24, 2.45) is 0 Å². The molecule has 1 amide bonds. The Morgan fingerprint density at radius 3 is 2.36 bits per heavy atom. The molecule has 1 aromatic heterocycles. The van der Waals surface area contributed by atoms with Gasteiger partial charge in [0.25, 0.3) is 5.91 Å². The summed E-state index contributed by atoms with van der Waals surface area (Å²) >= 11 is 13.9. The van der Waals surface area contributed by atoms with Gasteiger partial charge in [-0.1, -0.05) is 65.7 Å². The number of ether oxygens (including phenoxy) is 1. The van der Waals surface area contributed by atoms with Gasteiger partial charge < -0.3 is 10.1 Å². The smallest absolute Gasteiger partial charge is 0.379 e. The molecule has 7 rings (SSSR count). The molecule has 4 aromatic rings. The molecule has 0 spiro atoms. The van der Waals surface area contributed by atoms with E-state index in [1.807, 2.05) is 30.3 Å². The monoisotopic (exact) mass is 682 g/mol.